The highest BCUT2D eigenvalue weighted by Gasteiger charge is 2.64. The summed E-state index contributed by atoms with van der Waals surface area (Å²) in [6, 6.07) is 6.50. The van der Waals surface area contributed by atoms with Crippen LogP contribution in [0.5, 0.6) is 5.75 Å². The van der Waals surface area contributed by atoms with Gasteiger partial charge >= 0.3 is 12.1 Å². The third kappa shape index (κ3) is 4.08. The summed E-state index contributed by atoms with van der Waals surface area (Å²) >= 11 is 5.71. The SMILES string of the molecule is CC(=O)Oc1ccc(C(=O)[C@@H]2[C@@H]3C(=O)N(c4ccc(Cl)c(C(F)(F)F)c4)C(=O)[C@H]3[C@@H]3C=CC=NN23)cc1. The number of alkyl halides is 3. The zero-order chi connectivity index (χ0) is 26.6. The van der Waals surface area contributed by atoms with Crippen molar-refractivity contribution in [2.24, 2.45) is 16.9 Å². The number of benzene rings is 2. The number of halogens is 4. The molecule has 3 aliphatic heterocycles. The van der Waals surface area contributed by atoms with Crippen molar-refractivity contribution in [2.75, 3.05) is 4.90 Å². The number of amides is 2. The second kappa shape index (κ2) is 8.84. The van der Waals surface area contributed by atoms with E-state index in [1.165, 1.54) is 42.4 Å². The van der Waals surface area contributed by atoms with Crippen molar-refractivity contribution in [3.05, 3.63) is 70.8 Å². The number of fused-ring (bicyclic) bond motifs is 3. The lowest BCUT2D eigenvalue weighted by Crippen LogP contribution is -2.46. The summed E-state index contributed by atoms with van der Waals surface area (Å²) < 4.78 is 45.3. The molecule has 5 rings (SSSR count). The number of ether oxygens (including phenoxy) is 1. The summed E-state index contributed by atoms with van der Waals surface area (Å²) in [4.78, 5) is 52.5. The van der Waals surface area contributed by atoms with Crippen LogP contribution in [0.1, 0.15) is 22.8 Å². The molecule has 12 heteroatoms. The first kappa shape index (κ1) is 24.7. The monoisotopic (exact) mass is 531 g/mol. The highest BCUT2D eigenvalue weighted by molar-refractivity contribution is 6.32. The molecule has 2 aromatic carbocycles. The summed E-state index contributed by atoms with van der Waals surface area (Å²) in [6.07, 6.45) is -0.185. The average molecular weight is 532 g/mol. The van der Waals surface area contributed by atoms with Crippen molar-refractivity contribution in [1.29, 1.82) is 0 Å². The molecule has 4 atom stereocenters. The maximum absolute atomic E-state index is 13.6. The highest BCUT2D eigenvalue weighted by Crippen LogP contribution is 2.47. The smallest absolute Gasteiger partial charge is 0.417 e. The van der Waals surface area contributed by atoms with E-state index in [1.54, 1.807) is 12.2 Å². The zero-order valence-corrected chi connectivity index (χ0v) is 19.7. The number of carbonyl (C=O) groups excluding carboxylic acids is 4. The number of rotatable bonds is 4. The first-order valence-electron chi connectivity index (χ1n) is 11.1. The Morgan fingerprint density at radius 3 is 2.35 bits per heavy atom. The molecule has 0 aromatic heterocycles. The molecule has 0 aliphatic carbocycles. The molecule has 0 N–H and O–H groups in total. The van der Waals surface area contributed by atoms with Gasteiger partial charge in [-0.3, -0.25) is 24.2 Å². The fourth-order valence-electron chi connectivity index (χ4n) is 4.99. The number of carbonyl (C=O) groups is 4. The van der Waals surface area contributed by atoms with Crippen molar-refractivity contribution in [1.82, 2.24) is 5.01 Å². The largest absolute Gasteiger partial charge is 0.427 e. The van der Waals surface area contributed by atoms with Crippen molar-refractivity contribution >= 4 is 47.1 Å². The lowest BCUT2D eigenvalue weighted by molar-refractivity contribution is -0.137. The maximum Gasteiger partial charge on any atom is 0.417 e. The van der Waals surface area contributed by atoms with Crippen LogP contribution < -0.4 is 9.64 Å². The van der Waals surface area contributed by atoms with Crippen LogP contribution in [0.25, 0.3) is 0 Å². The van der Waals surface area contributed by atoms with Gasteiger partial charge in [-0.05, 0) is 48.5 Å². The van der Waals surface area contributed by atoms with E-state index in [1.807, 2.05) is 0 Å². The highest BCUT2D eigenvalue weighted by atomic mass is 35.5. The van der Waals surface area contributed by atoms with Gasteiger partial charge in [0.1, 0.15) is 11.8 Å². The molecule has 190 valence electrons. The fourth-order valence-corrected chi connectivity index (χ4v) is 5.21. The minimum absolute atomic E-state index is 0.176. The number of esters is 1. The second-order valence-electron chi connectivity index (χ2n) is 8.67. The van der Waals surface area contributed by atoms with Gasteiger partial charge in [0.2, 0.25) is 11.8 Å². The molecular formula is C25H17ClF3N3O5. The van der Waals surface area contributed by atoms with E-state index in [-0.39, 0.29) is 17.0 Å². The number of nitrogens with zero attached hydrogens (tertiary/aromatic N) is 3. The number of Topliss-reactive ketones (excluding diaryl/α,β-unsaturated/α-hetero) is 1. The molecule has 3 aliphatic rings. The molecule has 0 radical (unpaired) electrons. The van der Waals surface area contributed by atoms with Gasteiger partial charge in [0.15, 0.2) is 5.78 Å². The average Bonchev–Trinajstić information content (AvgIpc) is 3.31. The van der Waals surface area contributed by atoms with Gasteiger partial charge in [0, 0.05) is 18.7 Å². The third-order valence-corrected chi connectivity index (χ3v) is 6.80. The summed E-state index contributed by atoms with van der Waals surface area (Å²) in [5.74, 6) is -4.62. The van der Waals surface area contributed by atoms with Crippen LogP contribution in [0.15, 0.2) is 59.7 Å². The standard InChI is InChI=1S/C25H17ClF3N3O5/c1-12(33)37-15-7-4-13(5-8-15)22(34)21-20-19(18-3-2-10-30-32(18)21)23(35)31(24(20)36)14-6-9-17(26)16(11-14)25(27,28)29/h2-11,18-21H,1H3/t18-,19-,20+,21-/m0/s1. The van der Waals surface area contributed by atoms with Crippen molar-refractivity contribution in [3.63, 3.8) is 0 Å². The van der Waals surface area contributed by atoms with Gasteiger partial charge in [0.05, 0.1) is 34.2 Å². The summed E-state index contributed by atoms with van der Waals surface area (Å²) in [5, 5.41) is 5.04. The molecule has 8 nitrogen and oxygen atoms in total. The molecule has 3 heterocycles. The molecule has 2 fully saturated rings. The van der Waals surface area contributed by atoms with Crippen LogP contribution in [-0.2, 0) is 20.6 Å². The fraction of sp³-hybridized carbons (Fsp3) is 0.240. The van der Waals surface area contributed by atoms with Crippen LogP contribution in [0.2, 0.25) is 5.02 Å². The molecule has 0 unspecified atom stereocenters. The molecule has 2 aromatic rings. The Hall–Kier alpha value is -3.99. The second-order valence-corrected chi connectivity index (χ2v) is 9.08. The number of hydrogen-bond donors (Lipinski definition) is 0. The van der Waals surface area contributed by atoms with E-state index in [0.29, 0.717) is 11.0 Å². The van der Waals surface area contributed by atoms with Gasteiger partial charge in [-0.2, -0.15) is 18.3 Å². The lowest BCUT2D eigenvalue weighted by Gasteiger charge is -2.30. The predicted octanol–water partition coefficient (Wildman–Crippen LogP) is 3.88. The minimum atomic E-state index is -4.80. The van der Waals surface area contributed by atoms with Crippen molar-refractivity contribution in [2.45, 2.75) is 25.2 Å². The van der Waals surface area contributed by atoms with Gasteiger partial charge in [-0.1, -0.05) is 17.7 Å². The first-order chi connectivity index (χ1) is 17.5. The van der Waals surface area contributed by atoms with Crippen LogP contribution in [0.3, 0.4) is 0 Å². The number of anilines is 1. The Balaban J connectivity index is 1.53. The van der Waals surface area contributed by atoms with E-state index < -0.39 is 64.2 Å². The lowest BCUT2D eigenvalue weighted by atomic mass is 9.86. The number of hydrazone groups is 1. The minimum Gasteiger partial charge on any atom is -0.427 e. The molecule has 0 saturated carbocycles. The van der Waals surface area contributed by atoms with E-state index >= 15 is 0 Å². The number of allylic oxidation sites excluding steroid dienone is 1. The van der Waals surface area contributed by atoms with Crippen molar-refractivity contribution < 1.29 is 37.1 Å². The van der Waals surface area contributed by atoms with E-state index in [4.69, 9.17) is 16.3 Å². The van der Waals surface area contributed by atoms with Gasteiger partial charge in [-0.15, -0.1) is 0 Å². The van der Waals surface area contributed by atoms with E-state index in [2.05, 4.69) is 5.10 Å². The Morgan fingerprint density at radius 2 is 1.70 bits per heavy atom. The normalized spacial score (nSPS) is 24.4. The number of imide groups is 1. The quantitative estimate of drug-likeness (QED) is 0.257. The first-order valence-corrected chi connectivity index (χ1v) is 11.4. The zero-order valence-electron chi connectivity index (χ0n) is 19.0. The molecule has 2 amide bonds. The third-order valence-electron chi connectivity index (χ3n) is 6.47. The Labute approximate surface area is 212 Å². The molecule has 2 saturated heterocycles. The number of hydrogen-bond acceptors (Lipinski definition) is 7. The van der Waals surface area contributed by atoms with E-state index in [0.717, 1.165) is 12.1 Å². The molecule has 0 bridgehead atoms. The predicted molar refractivity (Wildman–Crippen MR) is 125 cm³/mol. The van der Waals surface area contributed by atoms with Crippen LogP contribution in [0.4, 0.5) is 18.9 Å². The number of ketones is 1. The Bertz CT molecular complexity index is 1390. The topological polar surface area (TPSA) is 96.3 Å². The summed E-state index contributed by atoms with van der Waals surface area (Å²) in [6.45, 7) is 1.23. The molecule has 0 spiro atoms. The van der Waals surface area contributed by atoms with Crippen LogP contribution in [0, 0.1) is 11.8 Å². The van der Waals surface area contributed by atoms with Crippen molar-refractivity contribution in [3.8, 4) is 5.75 Å². The Morgan fingerprint density at radius 1 is 1.03 bits per heavy atom. The summed E-state index contributed by atoms with van der Waals surface area (Å²) in [7, 11) is 0. The van der Waals surface area contributed by atoms with Gasteiger partial charge in [-0.25, -0.2) is 4.90 Å². The summed E-state index contributed by atoms with van der Waals surface area (Å²) in [5.41, 5.74) is -1.30. The maximum atomic E-state index is 13.6. The molecule has 37 heavy (non-hydrogen) atoms. The van der Waals surface area contributed by atoms with Gasteiger partial charge in [0.25, 0.3) is 0 Å². The van der Waals surface area contributed by atoms with E-state index in [9.17, 15) is 32.3 Å². The van der Waals surface area contributed by atoms with Gasteiger partial charge < -0.3 is 4.74 Å². The van der Waals surface area contributed by atoms with Crippen LogP contribution >= 0.6 is 11.6 Å². The Kier molecular flexibility index (Phi) is 5.90. The van der Waals surface area contributed by atoms with Crippen LogP contribution in [-0.4, -0.2) is 46.9 Å². The molecular weight excluding hydrogens is 515 g/mol.